The molecule has 1 amide bonds. The predicted octanol–water partition coefficient (Wildman–Crippen LogP) is 3.62. The van der Waals surface area contributed by atoms with Crippen molar-refractivity contribution in [3.63, 3.8) is 0 Å². The summed E-state index contributed by atoms with van der Waals surface area (Å²) in [6.07, 6.45) is 0.551. The summed E-state index contributed by atoms with van der Waals surface area (Å²) in [6.45, 7) is 2.73. The molecule has 1 fully saturated rings. The van der Waals surface area contributed by atoms with Crippen molar-refractivity contribution in [3.8, 4) is 0 Å². The van der Waals surface area contributed by atoms with Gasteiger partial charge in [0, 0.05) is 50.4 Å². The third-order valence-electron chi connectivity index (χ3n) is 6.25. The number of fused-ring (bicyclic) bond motifs is 1. The Morgan fingerprint density at radius 3 is 2.51 bits per heavy atom. The Balaban J connectivity index is 1.21. The van der Waals surface area contributed by atoms with Gasteiger partial charge in [-0.25, -0.2) is 4.98 Å². The Morgan fingerprint density at radius 2 is 1.78 bits per heavy atom. The first-order chi connectivity index (χ1) is 17.8. The van der Waals surface area contributed by atoms with E-state index in [0.29, 0.717) is 24.2 Å². The van der Waals surface area contributed by atoms with E-state index in [1.165, 1.54) is 12.1 Å². The molecule has 0 N–H and O–H groups in total. The van der Waals surface area contributed by atoms with Crippen LogP contribution >= 0.6 is 0 Å². The van der Waals surface area contributed by atoms with Gasteiger partial charge in [0.1, 0.15) is 17.9 Å². The van der Waals surface area contributed by atoms with Crippen LogP contribution in [0.5, 0.6) is 0 Å². The van der Waals surface area contributed by atoms with Gasteiger partial charge in [-0.2, -0.15) is 18.3 Å². The van der Waals surface area contributed by atoms with Crippen LogP contribution in [-0.2, 0) is 23.9 Å². The number of hydrogen-bond donors (Lipinski definition) is 0. The van der Waals surface area contributed by atoms with Crippen LogP contribution in [0.2, 0.25) is 0 Å². The van der Waals surface area contributed by atoms with E-state index >= 15 is 0 Å². The van der Waals surface area contributed by atoms with Crippen molar-refractivity contribution in [2.45, 2.75) is 19.1 Å². The number of carbonyl (C=O) groups excluding carboxylic acids is 2. The summed E-state index contributed by atoms with van der Waals surface area (Å²) < 4.78 is 40.3. The molecular weight excluding hydrogens is 485 g/mol. The zero-order valence-corrected chi connectivity index (χ0v) is 19.7. The highest BCUT2D eigenvalue weighted by Gasteiger charge is 2.33. The zero-order valence-electron chi connectivity index (χ0n) is 19.7. The average molecular weight is 509 g/mol. The maximum Gasteiger partial charge on any atom is 0.433 e. The molecule has 0 bridgehead atoms. The minimum atomic E-state index is -4.62. The molecule has 3 aromatic heterocycles. The molecule has 0 spiro atoms. The normalized spacial score (nSPS) is 14.2. The van der Waals surface area contributed by atoms with Crippen LogP contribution in [0, 0.1) is 0 Å². The van der Waals surface area contributed by atoms with Crippen molar-refractivity contribution in [2.75, 3.05) is 31.1 Å². The van der Waals surface area contributed by atoms with Gasteiger partial charge < -0.3 is 9.80 Å². The van der Waals surface area contributed by atoms with Gasteiger partial charge in [0.2, 0.25) is 5.91 Å². The molecule has 0 aliphatic carbocycles. The van der Waals surface area contributed by atoms with Gasteiger partial charge in [-0.05, 0) is 42.0 Å². The second-order valence-electron chi connectivity index (χ2n) is 8.80. The fourth-order valence-electron chi connectivity index (χ4n) is 4.33. The van der Waals surface area contributed by atoms with E-state index in [1.807, 2.05) is 23.2 Å². The standard InChI is InChI=1S/C26H23F3N6O2/c27-26(28,29)24-5-1-4-22(31-24)23(36)14-18-6-7-21-19(13-18)16-35(32-21)17-25(37)34-11-9-33(10-12-34)20-3-2-8-30-15-20/h1-8,13,15-16H,9-12,14,17H2. The number of pyridine rings is 2. The summed E-state index contributed by atoms with van der Waals surface area (Å²) in [5.41, 5.74) is 0.973. The van der Waals surface area contributed by atoms with E-state index in [1.54, 1.807) is 35.3 Å². The molecule has 1 aliphatic rings. The molecule has 11 heteroatoms. The van der Waals surface area contributed by atoms with Crippen LogP contribution in [-0.4, -0.2) is 62.5 Å². The summed E-state index contributed by atoms with van der Waals surface area (Å²) in [7, 11) is 0. The fourth-order valence-corrected chi connectivity index (χ4v) is 4.33. The summed E-state index contributed by atoms with van der Waals surface area (Å²) in [4.78, 5) is 37.0. The number of ketones is 1. The molecule has 0 atom stereocenters. The largest absolute Gasteiger partial charge is 0.433 e. The number of aromatic nitrogens is 4. The molecular formula is C26H23F3N6O2. The highest BCUT2D eigenvalue weighted by atomic mass is 19.4. The molecule has 5 rings (SSSR count). The molecule has 0 radical (unpaired) electrons. The lowest BCUT2D eigenvalue weighted by Gasteiger charge is -2.35. The van der Waals surface area contributed by atoms with E-state index in [9.17, 15) is 22.8 Å². The van der Waals surface area contributed by atoms with Crippen LogP contribution in [0.1, 0.15) is 21.7 Å². The van der Waals surface area contributed by atoms with Crippen LogP contribution in [0.15, 0.2) is 67.1 Å². The Hall–Kier alpha value is -4.28. The number of nitrogens with zero attached hydrogens (tertiary/aromatic N) is 6. The molecule has 1 aliphatic heterocycles. The Kier molecular flexibility index (Phi) is 6.60. The third kappa shape index (κ3) is 5.60. The van der Waals surface area contributed by atoms with Crippen LogP contribution in [0.3, 0.4) is 0 Å². The number of Topliss-reactive ketones (excluding diaryl/α,β-unsaturated/α-hetero) is 1. The van der Waals surface area contributed by atoms with Crippen molar-refractivity contribution in [3.05, 3.63) is 84.1 Å². The van der Waals surface area contributed by atoms with Gasteiger partial charge >= 0.3 is 6.18 Å². The smallest absolute Gasteiger partial charge is 0.367 e. The first-order valence-electron chi connectivity index (χ1n) is 11.7. The van der Waals surface area contributed by atoms with Gasteiger partial charge in [-0.15, -0.1) is 0 Å². The van der Waals surface area contributed by atoms with E-state index in [4.69, 9.17) is 0 Å². The Morgan fingerprint density at radius 1 is 0.973 bits per heavy atom. The highest BCUT2D eigenvalue weighted by molar-refractivity contribution is 5.96. The molecule has 190 valence electrons. The molecule has 1 saturated heterocycles. The third-order valence-corrected chi connectivity index (χ3v) is 6.25. The summed E-state index contributed by atoms with van der Waals surface area (Å²) in [5, 5.41) is 5.19. The first kappa shape index (κ1) is 24.4. The average Bonchev–Trinajstić information content (AvgIpc) is 3.30. The molecule has 1 aromatic carbocycles. The molecule has 4 heterocycles. The number of rotatable bonds is 6. The van der Waals surface area contributed by atoms with Crippen molar-refractivity contribution in [2.24, 2.45) is 0 Å². The summed E-state index contributed by atoms with van der Waals surface area (Å²) in [6, 6.07) is 12.3. The predicted molar refractivity (Wildman–Crippen MR) is 130 cm³/mol. The quantitative estimate of drug-likeness (QED) is 0.370. The number of carbonyl (C=O) groups is 2. The van der Waals surface area contributed by atoms with Gasteiger partial charge in [0.25, 0.3) is 0 Å². The monoisotopic (exact) mass is 508 g/mol. The van der Waals surface area contributed by atoms with E-state index in [2.05, 4.69) is 20.0 Å². The number of alkyl halides is 3. The van der Waals surface area contributed by atoms with E-state index in [0.717, 1.165) is 30.2 Å². The molecule has 8 nitrogen and oxygen atoms in total. The maximum absolute atomic E-state index is 12.9. The van der Waals surface area contributed by atoms with Gasteiger partial charge in [-0.1, -0.05) is 12.1 Å². The summed E-state index contributed by atoms with van der Waals surface area (Å²) in [5.74, 6) is -0.553. The Bertz CT molecular complexity index is 1430. The lowest BCUT2D eigenvalue weighted by Crippen LogP contribution is -2.49. The van der Waals surface area contributed by atoms with Crippen molar-refractivity contribution in [1.82, 2.24) is 24.6 Å². The van der Waals surface area contributed by atoms with Crippen molar-refractivity contribution < 1.29 is 22.8 Å². The van der Waals surface area contributed by atoms with E-state index in [-0.39, 0.29) is 24.6 Å². The SMILES string of the molecule is O=C(Cc1ccc2nn(CC(=O)N3CCN(c4cccnc4)CC3)cc2c1)c1cccc(C(F)(F)F)n1. The second kappa shape index (κ2) is 10.00. The topological polar surface area (TPSA) is 84.2 Å². The number of halogens is 3. The van der Waals surface area contributed by atoms with Crippen LogP contribution in [0.4, 0.5) is 18.9 Å². The number of amides is 1. The van der Waals surface area contributed by atoms with Crippen LogP contribution < -0.4 is 4.90 Å². The Labute approximate surface area is 210 Å². The minimum Gasteiger partial charge on any atom is -0.367 e. The minimum absolute atomic E-state index is 0.0373. The second-order valence-corrected chi connectivity index (χ2v) is 8.80. The molecule has 0 saturated carbocycles. The molecule has 37 heavy (non-hydrogen) atoms. The fraction of sp³-hybridized carbons (Fsp3) is 0.269. The van der Waals surface area contributed by atoms with Crippen LogP contribution in [0.25, 0.3) is 10.9 Å². The molecule has 4 aromatic rings. The highest BCUT2D eigenvalue weighted by Crippen LogP contribution is 2.27. The zero-order chi connectivity index (χ0) is 26.0. The van der Waals surface area contributed by atoms with Crippen molar-refractivity contribution >= 4 is 28.3 Å². The van der Waals surface area contributed by atoms with Crippen molar-refractivity contribution in [1.29, 1.82) is 0 Å². The first-order valence-corrected chi connectivity index (χ1v) is 11.7. The molecule has 0 unspecified atom stereocenters. The number of piperazine rings is 1. The van der Waals surface area contributed by atoms with Gasteiger partial charge in [0.05, 0.1) is 17.4 Å². The maximum atomic E-state index is 12.9. The van der Waals surface area contributed by atoms with E-state index < -0.39 is 17.7 Å². The lowest BCUT2D eigenvalue weighted by atomic mass is 10.0. The van der Waals surface area contributed by atoms with Gasteiger partial charge in [0.15, 0.2) is 5.78 Å². The van der Waals surface area contributed by atoms with Gasteiger partial charge in [-0.3, -0.25) is 19.3 Å². The number of benzene rings is 1. The number of anilines is 1. The number of hydrogen-bond acceptors (Lipinski definition) is 6. The summed E-state index contributed by atoms with van der Waals surface area (Å²) >= 11 is 0. The lowest BCUT2D eigenvalue weighted by molar-refractivity contribution is -0.141.